The van der Waals surface area contributed by atoms with Gasteiger partial charge in [0, 0.05) is 16.0 Å². The second-order valence-electron chi connectivity index (χ2n) is 8.09. The minimum absolute atomic E-state index is 0.369. The highest BCUT2D eigenvalue weighted by Gasteiger charge is 2.32. The van der Waals surface area contributed by atoms with Crippen LogP contribution >= 0.6 is 23.2 Å². The van der Waals surface area contributed by atoms with Crippen molar-refractivity contribution in [2.24, 2.45) is 5.92 Å². The van der Waals surface area contributed by atoms with Crippen LogP contribution in [0.4, 0.5) is 0 Å². The van der Waals surface area contributed by atoms with E-state index in [2.05, 4.69) is 0 Å². The normalized spacial score (nSPS) is 13.8. The Bertz CT molecular complexity index is 1250. The Morgan fingerprint density at radius 3 is 1.86 bits per heavy atom. The van der Waals surface area contributed by atoms with Crippen molar-refractivity contribution in [3.63, 3.8) is 0 Å². The van der Waals surface area contributed by atoms with Crippen molar-refractivity contribution >= 4 is 35.2 Å². The van der Waals surface area contributed by atoms with Crippen LogP contribution in [0, 0.1) is 5.92 Å². The maximum atomic E-state index is 13.1. The number of hydrogen-bond acceptors (Lipinski definition) is 3. The molecule has 4 rings (SSSR count). The molecule has 3 nitrogen and oxygen atoms in total. The van der Waals surface area contributed by atoms with Gasteiger partial charge >= 0.3 is 5.97 Å². The fourth-order valence-electron chi connectivity index (χ4n) is 3.82. The first-order valence-electron chi connectivity index (χ1n) is 11.2. The van der Waals surface area contributed by atoms with E-state index in [-0.39, 0.29) is 0 Å². The number of hydrogen-bond donors (Lipinski definition) is 1. The van der Waals surface area contributed by atoms with Gasteiger partial charge in [-0.05, 0) is 53.1 Å². The van der Waals surface area contributed by atoms with Crippen molar-refractivity contribution < 1.29 is 14.6 Å². The average molecular weight is 503 g/mol. The quantitative estimate of drug-likeness (QED) is 0.248. The van der Waals surface area contributed by atoms with Gasteiger partial charge in [0.15, 0.2) is 0 Å². The number of ether oxygens (including phenoxy) is 1. The van der Waals surface area contributed by atoms with E-state index in [1.165, 1.54) is 0 Å². The summed E-state index contributed by atoms with van der Waals surface area (Å²) in [6, 6.07) is 32.7. The third kappa shape index (κ3) is 6.61. The van der Waals surface area contributed by atoms with Crippen LogP contribution in [0.2, 0.25) is 10.0 Å². The van der Waals surface area contributed by atoms with E-state index in [0.717, 1.165) is 16.7 Å². The highest BCUT2D eigenvalue weighted by atomic mass is 35.5. The summed E-state index contributed by atoms with van der Waals surface area (Å²) >= 11 is 12.1. The van der Waals surface area contributed by atoms with Crippen molar-refractivity contribution in [2.75, 3.05) is 0 Å². The van der Waals surface area contributed by atoms with Crippen LogP contribution in [0.25, 0.3) is 6.08 Å². The Hall–Kier alpha value is -3.37. The number of carbonyl (C=O) groups excluding carboxylic acids is 1. The van der Waals surface area contributed by atoms with Gasteiger partial charge in [-0.25, -0.2) is 4.79 Å². The zero-order valence-corrected chi connectivity index (χ0v) is 20.3. The van der Waals surface area contributed by atoms with E-state index >= 15 is 0 Å². The summed E-state index contributed by atoms with van der Waals surface area (Å²) in [5.41, 5.74) is 2.77. The first-order chi connectivity index (χ1) is 17.0. The summed E-state index contributed by atoms with van der Waals surface area (Å²) < 4.78 is 6.06. The Kier molecular flexibility index (Phi) is 8.38. The Labute approximate surface area is 215 Å². The summed E-state index contributed by atoms with van der Waals surface area (Å²) in [4.78, 5) is 13.1. The molecule has 3 atom stereocenters. The molecule has 0 aliphatic heterocycles. The minimum atomic E-state index is -0.935. The molecule has 1 N–H and O–H groups in total. The predicted molar refractivity (Wildman–Crippen MR) is 141 cm³/mol. The van der Waals surface area contributed by atoms with Gasteiger partial charge in [0.1, 0.15) is 6.10 Å². The van der Waals surface area contributed by atoms with Gasteiger partial charge in [-0.1, -0.05) is 108 Å². The van der Waals surface area contributed by atoms with Gasteiger partial charge in [0.2, 0.25) is 0 Å². The van der Waals surface area contributed by atoms with Gasteiger partial charge in [-0.3, -0.25) is 0 Å². The largest absolute Gasteiger partial charge is 0.453 e. The van der Waals surface area contributed by atoms with Crippen molar-refractivity contribution in [2.45, 2.75) is 12.2 Å². The molecule has 0 aliphatic rings. The molecule has 35 heavy (non-hydrogen) atoms. The predicted octanol–water partition coefficient (Wildman–Crippen LogP) is 7.95. The number of aliphatic hydroxyl groups is 1. The second kappa shape index (κ2) is 11.9. The third-order valence-corrected chi connectivity index (χ3v) is 6.18. The van der Waals surface area contributed by atoms with Crippen molar-refractivity contribution in [3.8, 4) is 0 Å². The molecule has 0 aliphatic carbocycles. The Morgan fingerprint density at radius 1 is 0.714 bits per heavy atom. The van der Waals surface area contributed by atoms with E-state index in [1.54, 1.807) is 36.4 Å². The standard InChI is InChI=1S/C30H24Cl2O3/c31-25-16-12-23(13-17-25)29(35-30(34)24-14-18-26(32)19-15-24)27(20-11-21-7-3-1-4-8-21)28(33)22-9-5-2-6-10-22/h1-20,27-29,33H/b20-11+/t27-,28-,29+/m1/s1. The van der Waals surface area contributed by atoms with Gasteiger partial charge in [0.05, 0.1) is 11.7 Å². The first-order valence-corrected chi connectivity index (χ1v) is 11.9. The van der Waals surface area contributed by atoms with Crippen LogP contribution in [0.3, 0.4) is 0 Å². The molecule has 4 aromatic rings. The molecule has 0 amide bonds. The van der Waals surface area contributed by atoms with Crippen LogP contribution in [0.1, 0.15) is 39.3 Å². The Morgan fingerprint density at radius 2 is 1.26 bits per heavy atom. The van der Waals surface area contributed by atoms with Gasteiger partial charge in [-0.2, -0.15) is 0 Å². The highest BCUT2D eigenvalue weighted by molar-refractivity contribution is 6.30. The van der Waals surface area contributed by atoms with Crippen molar-refractivity contribution in [1.82, 2.24) is 0 Å². The molecule has 176 valence electrons. The smallest absolute Gasteiger partial charge is 0.338 e. The van der Waals surface area contributed by atoms with E-state index in [0.29, 0.717) is 15.6 Å². The summed E-state index contributed by atoms with van der Waals surface area (Å²) in [7, 11) is 0. The topological polar surface area (TPSA) is 46.5 Å². The number of aliphatic hydroxyl groups excluding tert-OH is 1. The monoisotopic (exact) mass is 502 g/mol. The molecule has 0 saturated carbocycles. The summed E-state index contributed by atoms with van der Waals surface area (Å²) in [5.74, 6) is -1.10. The van der Waals surface area contributed by atoms with Gasteiger partial charge < -0.3 is 9.84 Å². The highest BCUT2D eigenvalue weighted by Crippen LogP contribution is 2.38. The molecule has 0 spiro atoms. The molecule has 0 saturated heterocycles. The fraction of sp³-hybridized carbons (Fsp3) is 0.100. The molecule has 0 bridgehead atoms. The van der Waals surface area contributed by atoms with Gasteiger partial charge in [-0.15, -0.1) is 0 Å². The summed E-state index contributed by atoms with van der Waals surface area (Å²) in [6.07, 6.45) is 2.09. The molecule has 0 fully saturated rings. The second-order valence-corrected chi connectivity index (χ2v) is 8.96. The lowest BCUT2D eigenvalue weighted by atomic mass is 9.86. The average Bonchev–Trinajstić information content (AvgIpc) is 2.90. The van der Waals surface area contributed by atoms with E-state index < -0.39 is 24.1 Å². The minimum Gasteiger partial charge on any atom is -0.453 e. The molecule has 4 aromatic carbocycles. The van der Waals surface area contributed by atoms with Crippen LogP contribution < -0.4 is 0 Å². The molecule has 0 unspecified atom stereocenters. The lowest BCUT2D eigenvalue weighted by Gasteiger charge is -2.29. The zero-order chi connectivity index (χ0) is 24.6. The lowest BCUT2D eigenvalue weighted by molar-refractivity contribution is -0.00675. The van der Waals surface area contributed by atoms with Gasteiger partial charge in [0.25, 0.3) is 0 Å². The van der Waals surface area contributed by atoms with Crippen LogP contribution in [0.15, 0.2) is 115 Å². The molecule has 0 radical (unpaired) electrons. The number of esters is 1. The Balaban J connectivity index is 1.76. The van der Waals surface area contributed by atoms with Crippen LogP contribution in [0.5, 0.6) is 0 Å². The molecular formula is C30H24Cl2O3. The molecule has 0 heterocycles. The van der Waals surface area contributed by atoms with E-state index in [4.69, 9.17) is 27.9 Å². The van der Waals surface area contributed by atoms with Crippen LogP contribution in [-0.2, 0) is 4.74 Å². The number of carbonyl (C=O) groups is 1. The first kappa shape index (κ1) is 24.7. The zero-order valence-electron chi connectivity index (χ0n) is 18.8. The van der Waals surface area contributed by atoms with Crippen molar-refractivity contribution in [1.29, 1.82) is 0 Å². The maximum Gasteiger partial charge on any atom is 0.338 e. The van der Waals surface area contributed by atoms with E-state index in [1.807, 2.05) is 84.9 Å². The summed E-state index contributed by atoms with van der Waals surface area (Å²) in [6.45, 7) is 0. The molecular weight excluding hydrogens is 479 g/mol. The van der Waals surface area contributed by atoms with E-state index in [9.17, 15) is 9.90 Å². The lowest BCUT2D eigenvalue weighted by Crippen LogP contribution is -2.24. The number of rotatable bonds is 8. The maximum absolute atomic E-state index is 13.1. The van der Waals surface area contributed by atoms with Crippen molar-refractivity contribution in [3.05, 3.63) is 148 Å². The summed E-state index contributed by atoms with van der Waals surface area (Å²) in [5, 5.41) is 12.6. The molecule has 0 aromatic heterocycles. The van der Waals surface area contributed by atoms with Crippen LogP contribution in [-0.4, -0.2) is 11.1 Å². The molecule has 5 heteroatoms. The SMILES string of the molecule is O=C(O[C@@H](c1ccc(Cl)cc1)[C@H](/C=C/c1ccccc1)[C@H](O)c1ccccc1)c1ccc(Cl)cc1. The number of halogens is 2. The third-order valence-electron chi connectivity index (χ3n) is 5.68. The fourth-order valence-corrected chi connectivity index (χ4v) is 4.07. The number of benzene rings is 4.